The van der Waals surface area contributed by atoms with Crippen LogP contribution in [0.15, 0.2) is 45.6 Å². The van der Waals surface area contributed by atoms with E-state index in [1.165, 1.54) is 0 Å². The molecule has 1 saturated heterocycles. The van der Waals surface area contributed by atoms with E-state index in [0.29, 0.717) is 47.9 Å². The van der Waals surface area contributed by atoms with Crippen molar-refractivity contribution in [3.05, 3.63) is 46.9 Å². The molecule has 6 rings (SSSR count). The summed E-state index contributed by atoms with van der Waals surface area (Å²) in [5.74, 6) is 0.503. The molecular formula is C25H25N5O4S. The second-order valence-electron chi connectivity index (χ2n) is 9.27. The zero-order valence-electron chi connectivity index (χ0n) is 19.9. The third kappa shape index (κ3) is 3.43. The van der Waals surface area contributed by atoms with Gasteiger partial charge in [-0.1, -0.05) is 0 Å². The van der Waals surface area contributed by atoms with Gasteiger partial charge in [0.25, 0.3) is 5.91 Å². The molecule has 180 valence electrons. The molecule has 1 aliphatic heterocycles. The zero-order chi connectivity index (χ0) is 24.3. The molecular weight excluding hydrogens is 466 g/mol. The molecule has 1 aromatic carbocycles. The molecule has 0 atom stereocenters. The first-order valence-electron chi connectivity index (χ1n) is 11.3. The normalized spacial score (nSPS) is 15.8. The largest absolute Gasteiger partial charge is 0.496 e. The van der Waals surface area contributed by atoms with E-state index in [2.05, 4.69) is 5.10 Å². The lowest BCUT2D eigenvalue weighted by Crippen LogP contribution is -2.55. The number of hydrogen-bond acceptors (Lipinski definition) is 7. The highest BCUT2D eigenvalue weighted by molar-refractivity contribution is 7.08. The van der Waals surface area contributed by atoms with Gasteiger partial charge in [0, 0.05) is 42.2 Å². The van der Waals surface area contributed by atoms with Crippen LogP contribution in [0.4, 0.5) is 0 Å². The molecule has 1 aliphatic rings. The molecule has 5 heterocycles. The predicted octanol–water partition coefficient (Wildman–Crippen LogP) is 4.49. The lowest BCUT2D eigenvalue weighted by atomic mass is 10.0. The number of furan rings is 1. The number of carbonyl (C=O) groups excluding carboxylic acids is 1. The second-order valence-corrected chi connectivity index (χ2v) is 10.0. The zero-order valence-corrected chi connectivity index (χ0v) is 20.8. The van der Waals surface area contributed by atoms with Gasteiger partial charge in [0.05, 0.1) is 37.2 Å². The standard InChI is InChI=1S/C25H25N5O4S/c1-25(2)14-33-9-8-29(25)24(31)22-23-21(27-30(22)15-6-10-35-13-15)17-11-16(18-5-7-28(3)26-18)19(32-4)12-20(17)34-23/h5-7,10-13H,8-9,14H2,1-4H3. The maximum Gasteiger partial charge on any atom is 0.277 e. The molecule has 1 fully saturated rings. The summed E-state index contributed by atoms with van der Waals surface area (Å²) in [7, 11) is 3.49. The summed E-state index contributed by atoms with van der Waals surface area (Å²) in [5.41, 5.74) is 4.07. The number of nitrogens with zero attached hydrogens (tertiary/aromatic N) is 5. The average Bonchev–Trinajstić information content (AvgIpc) is 3.61. The summed E-state index contributed by atoms with van der Waals surface area (Å²) < 4.78 is 21.1. The SMILES string of the molecule is COc1cc2oc3c(C(=O)N4CCOCC4(C)C)n(-c4ccsc4)nc3c2cc1-c1ccn(C)n1. The molecule has 0 N–H and O–H groups in total. The number of rotatable bonds is 4. The summed E-state index contributed by atoms with van der Waals surface area (Å²) in [4.78, 5) is 15.9. The predicted molar refractivity (Wildman–Crippen MR) is 133 cm³/mol. The van der Waals surface area contributed by atoms with Gasteiger partial charge in [-0.2, -0.15) is 21.5 Å². The summed E-state index contributed by atoms with van der Waals surface area (Å²) >= 11 is 1.55. The average molecular weight is 492 g/mol. The molecule has 0 radical (unpaired) electrons. The summed E-state index contributed by atoms with van der Waals surface area (Å²) in [6, 6.07) is 7.69. The summed E-state index contributed by atoms with van der Waals surface area (Å²) in [6.07, 6.45) is 1.88. The number of ether oxygens (including phenoxy) is 2. The van der Waals surface area contributed by atoms with E-state index in [1.807, 2.05) is 67.0 Å². The topological polar surface area (TPSA) is 87.5 Å². The van der Waals surface area contributed by atoms with Gasteiger partial charge in [-0.05, 0) is 37.4 Å². The van der Waals surface area contributed by atoms with Crippen LogP contribution in [-0.4, -0.2) is 62.8 Å². The Kier molecular flexibility index (Phi) is 4.97. The van der Waals surface area contributed by atoms with Gasteiger partial charge in [-0.25, -0.2) is 4.68 Å². The number of morpholine rings is 1. The van der Waals surface area contributed by atoms with Gasteiger partial charge in [0.2, 0.25) is 0 Å². The molecule has 35 heavy (non-hydrogen) atoms. The van der Waals surface area contributed by atoms with Crippen LogP contribution in [0, 0.1) is 0 Å². The number of hydrogen-bond donors (Lipinski definition) is 0. The van der Waals surface area contributed by atoms with Crippen molar-refractivity contribution in [1.82, 2.24) is 24.5 Å². The Morgan fingerprint density at radius 3 is 2.77 bits per heavy atom. The highest BCUT2D eigenvalue weighted by Crippen LogP contribution is 2.40. The number of carbonyl (C=O) groups is 1. The lowest BCUT2D eigenvalue weighted by Gasteiger charge is -2.41. The van der Waals surface area contributed by atoms with E-state index in [9.17, 15) is 4.79 Å². The van der Waals surface area contributed by atoms with Crippen LogP contribution in [-0.2, 0) is 11.8 Å². The van der Waals surface area contributed by atoms with Crippen molar-refractivity contribution in [2.45, 2.75) is 19.4 Å². The monoisotopic (exact) mass is 491 g/mol. The first-order valence-corrected chi connectivity index (χ1v) is 12.3. The maximum atomic E-state index is 14.0. The number of methoxy groups -OCH3 is 1. The van der Waals surface area contributed by atoms with Gasteiger partial charge in [-0.3, -0.25) is 9.48 Å². The van der Waals surface area contributed by atoms with Crippen LogP contribution in [0.2, 0.25) is 0 Å². The van der Waals surface area contributed by atoms with E-state index >= 15 is 0 Å². The Morgan fingerprint density at radius 2 is 2.09 bits per heavy atom. The fourth-order valence-corrected chi connectivity index (χ4v) is 5.27. The van der Waals surface area contributed by atoms with Crippen LogP contribution >= 0.6 is 11.3 Å². The molecule has 4 aromatic heterocycles. The van der Waals surface area contributed by atoms with Crippen LogP contribution in [0.3, 0.4) is 0 Å². The first kappa shape index (κ1) is 21.9. The molecule has 0 saturated carbocycles. The van der Waals surface area contributed by atoms with Crippen molar-refractivity contribution in [1.29, 1.82) is 0 Å². The molecule has 0 spiro atoms. The molecule has 0 unspecified atom stereocenters. The van der Waals surface area contributed by atoms with E-state index < -0.39 is 5.54 Å². The quantitative estimate of drug-likeness (QED) is 0.368. The van der Waals surface area contributed by atoms with Gasteiger partial charge >= 0.3 is 0 Å². The van der Waals surface area contributed by atoms with E-state index in [0.717, 1.165) is 22.3 Å². The van der Waals surface area contributed by atoms with Gasteiger partial charge in [-0.15, -0.1) is 0 Å². The molecule has 0 aliphatic carbocycles. The van der Waals surface area contributed by atoms with Gasteiger partial charge in [0.1, 0.15) is 16.8 Å². The third-order valence-electron chi connectivity index (χ3n) is 6.44. The number of aromatic nitrogens is 4. The van der Waals surface area contributed by atoms with Gasteiger partial charge < -0.3 is 18.8 Å². The number of benzene rings is 1. The van der Waals surface area contributed by atoms with Crippen molar-refractivity contribution in [2.75, 3.05) is 26.9 Å². The van der Waals surface area contributed by atoms with Crippen molar-refractivity contribution >= 4 is 39.3 Å². The highest BCUT2D eigenvalue weighted by atomic mass is 32.1. The molecule has 9 nitrogen and oxygen atoms in total. The Bertz CT molecular complexity index is 1560. The Hall–Kier alpha value is -3.63. The smallest absolute Gasteiger partial charge is 0.277 e. The minimum Gasteiger partial charge on any atom is -0.496 e. The van der Waals surface area contributed by atoms with E-state index in [-0.39, 0.29) is 5.91 Å². The molecule has 5 aromatic rings. The maximum absolute atomic E-state index is 14.0. The molecule has 10 heteroatoms. The minimum absolute atomic E-state index is 0.136. The number of amides is 1. The Morgan fingerprint density at radius 1 is 1.23 bits per heavy atom. The van der Waals surface area contributed by atoms with Crippen molar-refractivity contribution in [3.8, 4) is 22.7 Å². The third-order valence-corrected chi connectivity index (χ3v) is 7.11. The first-order chi connectivity index (χ1) is 16.9. The molecule has 1 amide bonds. The number of aryl methyl sites for hydroxylation is 1. The van der Waals surface area contributed by atoms with E-state index in [4.69, 9.17) is 19.0 Å². The summed E-state index contributed by atoms with van der Waals surface area (Å²) in [6.45, 7) is 5.49. The lowest BCUT2D eigenvalue weighted by molar-refractivity contribution is -0.0374. The summed E-state index contributed by atoms with van der Waals surface area (Å²) in [5, 5.41) is 14.2. The molecule has 0 bridgehead atoms. The van der Waals surface area contributed by atoms with Crippen molar-refractivity contribution < 1.29 is 18.7 Å². The second kappa shape index (κ2) is 7.96. The number of thiophene rings is 1. The van der Waals surface area contributed by atoms with Crippen LogP contribution < -0.4 is 4.74 Å². The fourth-order valence-electron chi connectivity index (χ4n) is 4.66. The van der Waals surface area contributed by atoms with Crippen LogP contribution in [0.25, 0.3) is 39.0 Å². The number of fused-ring (bicyclic) bond motifs is 3. The van der Waals surface area contributed by atoms with Crippen LogP contribution in [0.1, 0.15) is 24.3 Å². The Balaban J connectivity index is 1.60. The van der Waals surface area contributed by atoms with Crippen molar-refractivity contribution in [3.63, 3.8) is 0 Å². The highest BCUT2D eigenvalue weighted by Gasteiger charge is 2.38. The van der Waals surface area contributed by atoms with Gasteiger partial charge in [0.15, 0.2) is 11.3 Å². The van der Waals surface area contributed by atoms with E-state index in [1.54, 1.807) is 27.8 Å². The van der Waals surface area contributed by atoms with Crippen molar-refractivity contribution in [2.24, 2.45) is 7.05 Å². The van der Waals surface area contributed by atoms with Crippen LogP contribution in [0.5, 0.6) is 5.75 Å². The minimum atomic E-state index is -0.452. The Labute approximate surface area is 205 Å². The fraction of sp³-hybridized carbons (Fsp3) is 0.320.